The minimum Gasteiger partial charge on any atom is -0.491 e. The molecule has 0 aliphatic rings. The summed E-state index contributed by atoms with van der Waals surface area (Å²) in [6, 6.07) is 8.12. The second-order valence-corrected chi connectivity index (χ2v) is 3.25. The molecule has 0 amide bonds. The van der Waals surface area contributed by atoms with Crippen molar-refractivity contribution in [1.82, 2.24) is 0 Å². The van der Waals surface area contributed by atoms with Crippen LogP contribution in [-0.4, -0.2) is 26.4 Å². The van der Waals surface area contributed by atoms with E-state index in [9.17, 15) is 0 Å². The molecule has 2 N–H and O–H groups in total. The van der Waals surface area contributed by atoms with Crippen LogP contribution in [0.5, 0.6) is 5.75 Å². The van der Waals surface area contributed by atoms with Gasteiger partial charge in [0.1, 0.15) is 12.4 Å². The summed E-state index contributed by atoms with van der Waals surface area (Å²) in [5, 5.41) is 0. The zero-order valence-corrected chi connectivity index (χ0v) is 11.2. The number of ether oxygens (including phenoxy) is 2. The number of hydrogen-bond donors (Lipinski definition) is 1. The van der Waals surface area contributed by atoms with Gasteiger partial charge in [0.2, 0.25) is 0 Å². The lowest BCUT2D eigenvalue weighted by Gasteiger charge is -2.07. The van der Waals surface area contributed by atoms with E-state index in [-0.39, 0.29) is 0 Å². The smallest absolute Gasteiger partial charge is 0.119 e. The highest BCUT2D eigenvalue weighted by atomic mass is 16.5. The number of hydrogen-bond acceptors (Lipinski definition) is 3. The first-order valence-electron chi connectivity index (χ1n) is 6.36. The molecule has 0 aromatic heterocycles. The summed E-state index contributed by atoms with van der Waals surface area (Å²) >= 11 is 0. The van der Waals surface area contributed by atoms with E-state index in [1.54, 1.807) is 0 Å². The van der Waals surface area contributed by atoms with E-state index in [1.165, 1.54) is 5.56 Å². The molecule has 0 bridgehead atoms. The Hall–Kier alpha value is -1.06. The minimum absolute atomic E-state index is 0.561. The first kappa shape index (κ1) is 15.9. The van der Waals surface area contributed by atoms with E-state index in [0.717, 1.165) is 12.2 Å². The Labute approximate surface area is 105 Å². The van der Waals surface area contributed by atoms with Crippen molar-refractivity contribution < 1.29 is 9.47 Å². The van der Waals surface area contributed by atoms with Crippen molar-refractivity contribution in [2.45, 2.75) is 27.2 Å². The second-order valence-electron chi connectivity index (χ2n) is 3.25. The summed E-state index contributed by atoms with van der Waals surface area (Å²) < 4.78 is 10.7. The molecule has 0 aliphatic heterocycles. The predicted octanol–water partition coefficient (Wildman–Crippen LogP) is 2.63. The molecule has 1 rings (SSSR count). The molecule has 17 heavy (non-hydrogen) atoms. The van der Waals surface area contributed by atoms with Crippen molar-refractivity contribution in [3.05, 3.63) is 29.8 Å². The van der Waals surface area contributed by atoms with Gasteiger partial charge in [0.15, 0.2) is 0 Å². The molecule has 0 spiro atoms. The van der Waals surface area contributed by atoms with Gasteiger partial charge in [-0.3, -0.25) is 0 Å². The number of rotatable bonds is 7. The van der Waals surface area contributed by atoms with Gasteiger partial charge >= 0.3 is 0 Å². The Balaban J connectivity index is 0.00000121. The summed E-state index contributed by atoms with van der Waals surface area (Å²) in [5.74, 6) is 0.908. The molecular formula is C14H25NO2. The number of nitrogens with two attached hydrogens (primary N) is 1. The first-order valence-corrected chi connectivity index (χ1v) is 6.36. The van der Waals surface area contributed by atoms with E-state index in [4.69, 9.17) is 15.2 Å². The zero-order chi connectivity index (χ0) is 12.9. The standard InChI is InChI=1S/C12H19NO2.C2H6/c1-2-11-4-3-5-12(10-11)15-9-8-14-7-6-13;1-2/h3-5,10H,2,6-9,13H2,1H3;1-2H3. The molecule has 3 nitrogen and oxygen atoms in total. The van der Waals surface area contributed by atoms with Crippen LogP contribution in [0.1, 0.15) is 26.3 Å². The molecule has 3 heteroatoms. The lowest BCUT2D eigenvalue weighted by molar-refractivity contribution is 0.106. The largest absolute Gasteiger partial charge is 0.491 e. The average Bonchev–Trinajstić information content (AvgIpc) is 2.41. The van der Waals surface area contributed by atoms with Crippen LogP contribution in [0.15, 0.2) is 24.3 Å². The third-order valence-electron chi connectivity index (χ3n) is 2.07. The summed E-state index contributed by atoms with van der Waals surface area (Å²) in [4.78, 5) is 0. The third-order valence-corrected chi connectivity index (χ3v) is 2.07. The maximum atomic E-state index is 5.53. The summed E-state index contributed by atoms with van der Waals surface area (Å²) in [5.41, 5.74) is 6.58. The molecular weight excluding hydrogens is 214 g/mol. The van der Waals surface area contributed by atoms with Gasteiger partial charge in [-0.15, -0.1) is 0 Å². The lowest BCUT2D eigenvalue weighted by atomic mass is 10.2. The highest BCUT2D eigenvalue weighted by Crippen LogP contribution is 2.13. The quantitative estimate of drug-likeness (QED) is 0.744. The highest BCUT2D eigenvalue weighted by molar-refractivity contribution is 5.28. The van der Waals surface area contributed by atoms with Crippen LogP contribution >= 0.6 is 0 Å². The van der Waals surface area contributed by atoms with E-state index in [1.807, 2.05) is 26.0 Å². The molecule has 0 heterocycles. The maximum Gasteiger partial charge on any atom is 0.119 e. The SMILES string of the molecule is CC.CCc1cccc(OCCOCCN)c1. The normalized spacial score (nSPS) is 9.41. The molecule has 0 saturated carbocycles. The summed E-state index contributed by atoms with van der Waals surface area (Å²) in [6.45, 7) is 8.45. The van der Waals surface area contributed by atoms with Crippen LogP contribution in [-0.2, 0) is 11.2 Å². The number of aryl methyl sites for hydroxylation is 1. The van der Waals surface area contributed by atoms with Crippen LogP contribution < -0.4 is 10.5 Å². The van der Waals surface area contributed by atoms with Crippen molar-refractivity contribution in [3.8, 4) is 5.75 Å². The Morgan fingerprint density at radius 3 is 2.53 bits per heavy atom. The Morgan fingerprint density at radius 2 is 1.88 bits per heavy atom. The fraction of sp³-hybridized carbons (Fsp3) is 0.571. The van der Waals surface area contributed by atoms with E-state index >= 15 is 0 Å². The Kier molecular flexibility index (Phi) is 10.7. The van der Waals surface area contributed by atoms with E-state index in [0.29, 0.717) is 26.4 Å². The van der Waals surface area contributed by atoms with Gasteiger partial charge in [-0.05, 0) is 24.1 Å². The van der Waals surface area contributed by atoms with Crippen LogP contribution in [0.3, 0.4) is 0 Å². The van der Waals surface area contributed by atoms with Gasteiger partial charge in [0, 0.05) is 6.54 Å². The number of benzene rings is 1. The molecule has 0 saturated heterocycles. The van der Waals surface area contributed by atoms with Gasteiger partial charge in [0.25, 0.3) is 0 Å². The average molecular weight is 239 g/mol. The molecule has 0 aliphatic carbocycles. The monoisotopic (exact) mass is 239 g/mol. The predicted molar refractivity (Wildman–Crippen MR) is 72.5 cm³/mol. The second kappa shape index (κ2) is 11.4. The van der Waals surface area contributed by atoms with Gasteiger partial charge in [-0.25, -0.2) is 0 Å². The fourth-order valence-corrected chi connectivity index (χ4v) is 1.26. The van der Waals surface area contributed by atoms with Crippen molar-refractivity contribution in [2.75, 3.05) is 26.4 Å². The summed E-state index contributed by atoms with van der Waals surface area (Å²) in [7, 11) is 0. The first-order chi connectivity index (χ1) is 8.36. The van der Waals surface area contributed by atoms with E-state index in [2.05, 4.69) is 19.1 Å². The van der Waals surface area contributed by atoms with E-state index < -0.39 is 0 Å². The molecule has 98 valence electrons. The van der Waals surface area contributed by atoms with Crippen LogP contribution in [0.25, 0.3) is 0 Å². The zero-order valence-electron chi connectivity index (χ0n) is 11.2. The fourth-order valence-electron chi connectivity index (χ4n) is 1.26. The maximum absolute atomic E-state index is 5.53. The van der Waals surface area contributed by atoms with Crippen molar-refractivity contribution >= 4 is 0 Å². The topological polar surface area (TPSA) is 44.5 Å². The molecule has 0 atom stereocenters. The molecule has 0 fully saturated rings. The lowest BCUT2D eigenvalue weighted by Crippen LogP contribution is -2.13. The van der Waals surface area contributed by atoms with Gasteiger partial charge in [-0.2, -0.15) is 0 Å². The van der Waals surface area contributed by atoms with Crippen LogP contribution in [0.4, 0.5) is 0 Å². The molecule has 1 aromatic carbocycles. The van der Waals surface area contributed by atoms with Gasteiger partial charge in [0.05, 0.1) is 13.2 Å². The Morgan fingerprint density at radius 1 is 1.12 bits per heavy atom. The Bertz CT molecular complexity index is 277. The van der Waals surface area contributed by atoms with Crippen molar-refractivity contribution in [1.29, 1.82) is 0 Å². The molecule has 0 radical (unpaired) electrons. The summed E-state index contributed by atoms with van der Waals surface area (Å²) in [6.07, 6.45) is 1.03. The van der Waals surface area contributed by atoms with Crippen LogP contribution in [0.2, 0.25) is 0 Å². The van der Waals surface area contributed by atoms with Crippen molar-refractivity contribution in [2.24, 2.45) is 5.73 Å². The molecule has 0 unspecified atom stereocenters. The molecule has 1 aromatic rings. The third kappa shape index (κ3) is 7.77. The van der Waals surface area contributed by atoms with Gasteiger partial charge in [-0.1, -0.05) is 32.9 Å². The van der Waals surface area contributed by atoms with Gasteiger partial charge < -0.3 is 15.2 Å². The van der Waals surface area contributed by atoms with Crippen LogP contribution in [0, 0.1) is 0 Å². The van der Waals surface area contributed by atoms with Crippen molar-refractivity contribution in [3.63, 3.8) is 0 Å². The minimum atomic E-state index is 0.561. The highest BCUT2D eigenvalue weighted by Gasteiger charge is 1.95.